The smallest absolute Gasteiger partial charge is 0.278 e. The summed E-state index contributed by atoms with van der Waals surface area (Å²) in [6.07, 6.45) is -1.52. The molecule has 0 fully saturated rings. The Kier molecular flexibility index (Phi) is 2.24. The zero-order valence-corrected chi connectivity index (χ0v) is 8.26. The summed E-state index contributed by atoms with van der Waals surface area (Å²) in [5.74, 6) is -0.409. The molecule has 1 aromatic carbocycles. The van der Waals surface area contributed by atoms with E-state index in [4.69, 9.17) is 4.74 Å². The Balaban J connectivity index is 2.68. The van der Waals surface area contributed by atoms with E-state index in [1.807, 2.05) is 0 Å². The lowest BCUT2D eigenvalue weighted by Gasteiger charge is -2.06. The number of aliphatic hydroxyl groups is 1. The summed E-state index contributed by atoms with van der Waals surface area (Å²) in [6, 6.07) is 2.57. The molecule has 1 aliphatic heterocycles. The summed E-state index contributed by atoms with van der Waals surface area (Å²) in [5.41, 5.74) is -0.190. The number of methoxy groups -OCH3 is 1. The molecule has 0 saturated carbocycles. The fraction of sp³-hybridized carbons (Fsp3) is 0.222. The molecule has 16 heavy (non-hydrogen) atoms. The van der Waals surface area contributed by atoms with Gasteiger partial charge in [0.2, 0.25) is 0 Å². The maximum Gasteiger partial charge on any atom is 0.278 e. The van der Waals surface area contributed by atoms with Gasteiger partial charge in [-0.3, -0.25) is 14.9 Å². The van der Waals surface area contributed by atoms with Crippen LogP contribution < -0.4 is 10.1 Å². The molecule has 7 heteroatoms. The molecule has 0 bridgehead atoms. The third-order valence-corrected chi connectivity index (χ3v) is 2.37. The van der Waals surface area contributed by atoms with E-state index in [2.05, 4.69) is 5.32 Å². The fourth-order valence-corrected chi connectivity index (χ4v) is 1.65. The first-order chi connectivity index (χ1) is 7.56. The summed E-state index contributed by atoms with van der Waals surface area (Å²) in [5, 5.41) is 22.6. The van der Waals surface area contributed by atoms with Crippen LogP contribution in [0.15, 0.2) is 12.1 Å². The van der Waals surface area contributed by atoms with Crippen molar-refractivity contribution in [2.24, 2.45) is 0 Å². The van der Waals surface area contributed by atoms with Gasteiger partial charge >= 0.3 is 0 Å². The number of nitrogens with zero attached hydrogens (tertiary/aromatic N) is 1. The Hall–Kier alpha value is -2.15. The average molecular weight is 224 g/mol. The Morgan fingerprint density at radius 3 is 2.81 bits per heavy atom. The number of amides is 1. The molecule has 0 aromatic heterocycles. The quantitative estimate of drug-likeness (QED) is 0.565. The van der Waals surface area contributed by atoms with Gasteiger partial charge in [0, 0.05) is 6.07 Å². The van der Waals surface area contributed by atoms with Crippen LogP contribution in [0.1, 0.15) is 11.7 Å². The van der Waals surface area contributed by atoms with Crippen molar-refractivity contribution in [3.63, 3.8) is 0 Å². The van der Waals surface area contributed by atoms with Gasteiger partial charge in [0.1, 0.15) is 5.75 Å². The van der Waals surface area contributed by atoms with Crippen molar-refractivity contribution in [3.8, 4) is 5.75 Å². The minimum absolute atomic E-state index is 0.0469. The van der Waals surface area contributed by atoms with Crippen LogP contribution in [0, 0.1) is 10.1 Å². The lowest BCUT2D eigenvalue weighted by molar-refractivity contribution is -0.385. The number of fused-ring (bicyclic) bond motifs is 1. The molecule has 1 aromatic rings. The van der Waals surface area contributed by atoms with Crippen molar-refractivity contribution in [3.05, 3.63) is 27.8 Å². The zero-order valence-electron chi connectivity index (χ0n) is 8.26. The number of benzene rings is 1. The number of nitro groups is 1. The van der Waals surface area contributed by atoms with Crippen LogP contribution in [0.25, 0.3) is 0 Å². The highest BCUT2D eigenvalue weighted by Crippen LogP contribution is 2.43. The van der Waals surface area contributed by atoms with E-state index in [0.717, 1.165) is 0 Å². The van der Waals surface area contributed by atoms with E-state index in [0.29, 0.717) is 0 Å². The van der Waals surface area contributed by atoms with Gasteiger partial charge < -0.3 is 15.2 Å². The minimum Gasteiger partial charge on any atom is -0.495 e. The van der Waals surface area contributed by atoms with E-state index >= 15 is 0 Å². The Bertz CT molecular complexity index is 485. The van der Waals surface area contributed by atoms with E-state index in [1.54, 1.807) is 0 Å². The van der Waals surface area contributed by atoms with Gasteiger partial charge in [0.05, 0.1) is 23.3 Å². The van der Waals surface area contributed by atoms with Crippen LogP contribution >= 0.6 is 0 Å². The molecule has 0 spiro atoms. The molecule has 2 N–H and O–H groups in total. The molecule has 7 nitrogen and oxygen atoms in total. The van der Waals surface area contributed by atoms with Crippen molar-refractivity contribution >= 4 is 17.3 Å². The van der Waals surface area contributed by atoms with Gasteiger partial charge in [-0.05, 0) is 6.07 Å². The first-order valence-electron chi connectivity index (χ1n) is 4.40. The summed E-state index contributed by atoms with van der Waals surface area (Å²) in [6.45, 7) is 0. The van der Waals surface area contributed by atoms with Crippen LogP contribution in [-0.2, 0) is 4.79 Å². The second-order valence-corrected chi connectivity index (χ2v) is 3.22. The number of carbonyl (C=O) groups is 1. The maximum absolute atomic E-state index is 11.2. The highest BCUT2D eigenvalue weighted by Gasteiger charge is 2.37. The largest absolute Gasteiger partial charge is 0.495 e. The van der Waals surface area contributed by atoms with Gasteiger partial charge in [-0.25, -0.2) is 0 Å². The minimum atomic E-state index is -1.52. The van der Waals surface area contributed by atoms with Gasteiger partial charge in [-0.15, -0.1) is 0 Å². The first kappa shape index (κ1) is 10.4. The monoisotopic (exact) mass is 224 g/mol. The number of aliphatic hydroxyl groups excluding tert-OH is 1. The number of rotatable bonds is 2. The van der Waals surface area contributed by atoms with Crippen LogP contribution in [0.5, 0.6) is 5.75 Å². The van der Waals surface area contributed by atoms with Crippen LogP contribution in [0.2, 0.25) is 0 Å². The molecule has 1 aliphatic rings. The van der Waals surface area contributed by atoms with Crippen molar-refractivity contribution < 1.29 is 19.6 Å². The number of carbonyl (C=O) groups excluding carboxylic acids is 1. The van der Waals surface area contributed by atoms with E-state index in [1.165, 1.54) is 19.2 Å². The molecular weight excluding hydrogens is 216 g/mol. The normalized spacial score (nSPS) is 17.9. The number of hydrogen-bond donors (Lipinski definition) is 2. The SMILES string of the molecule is COc1ccc([N+](=O)[O-])c2c1NC(=O)C2O. The van der Waals surface area contributed by atoms with Gasteiger partial charge in [-0.1, -0.05) is 0 Å². The number of ether oxygens (including phenoxy) is 1. The Morgan fingerprint density at radius 2 is 2.25 bits per heavy atom. The highest BCUT2D eigenvalue weighted by atomic mass is 16.6. The Morgan fingerprint density at radius 1 is 1.56 bits per heavy atom. The summed E-state index contributed by atoms with van der Waals surface area (Å²) >= 11 is 0. The molecule has 0 aliphatic carbocycles. The summed E-state index contributed by atoms with van der Waals surface area (Å²) < 4.78 is 4.94. The molecule has 1 unspecified atom stereocenters. The molecule has 84 valence electrons. The number of nitro benzene ring substituents is 1. The first-order valence-corrected chi connectivity index (χ1v) is 4.40. The summed E-state index contributed by atoms with van der Waals surface area (Å²) in [4.78, 5) is 21.3. The number of nitrogens with one attached hydrogen (secondary N) is 1. The lowest BCUT2D eigenvalue weighted by atomic mass is 10.1. The molecule has 0 radical (unpaired) electrons. The maximum atomic E-state index is 11.2. The third-order valence-electron chi connectivity index (χ3n) is 2.37. The fourth-order valence-electron chi connectivity index (χ4n) is 1.65. The predicted molar refractivity (Wildman–Crippen MR) is 53.2 cm³/mol. The lowest BCUT2D eigenvalue weighted by Crippen LogP contribution is -2.11. The molecule has 0 saturated heterocycles. The Labute approximate surface area is 89.8 Å². The molecule has 1 amide bonds. The topological polar surface area (TPSA) is 102 Å². The summed E-state index contributed by atoms with van der Waals surface area (Å²) in [7, 11) is 1.37. The van der Waals surface area contributed by atoms with Crippen molar-refractivity contribution in [1.29, 1.82) is 0 Å². The van der Waals surface area contributed by atoms with E-state index < -0.39 is 16.9 Å². The van der Waals surface area contributed by atoms with Gasteiger partial charge in [0.25, 0.3) is 11.6 Å². The third kappa shape index (κ3) is 1.29. The van der Waals surface area contributed by atoms with Gasteiger partial charge in [-0.2, -0.15) is 0 Å². The standard InChI is InChI=1S/C9H8N2O5/c1-16-5-3-2-4(11(14)15)6-7(5)10-9(13)8(6)12/h2-3,8,12H,1H3,(H,10,13). The van der Waals surface area contributed by atoms with Gasteiger partial charge in [0.15, 0.2) is 6.10 Å². The van der Waals surface area contributed by atoms with Crippen LogP contribution in [0.4, 0.5) is 11.4 Å². The van der Waals surface area contributed by atoms with Crippen LogP contribution in [0.3, 0.4) is 0 Å². The molecule has 1 atom stereocenters. The van der Waals surface area contributed by atoms with Crippen molar-refractivity contribution in [2.75, 3.05) is 12.4 Å². The number of hydrogen-bond acceptors (Lipinski definition) is 5. The van der Waals surface area contributed by atoms with Crippen molar-refractivity contribution in [2.45, 2.75) is 6.10 Å². The molecule has 1 heterocycles. The second kappa shape index (κ2) is 3.46. The number of anilines is 1. The van der Waals surface area contributed by atoms with E-state index in [9.17, 15) is 20.0 Å². The second-order valence-electron chi connectivity index (χ2n) is 3.22. The predicted octanol–water partition coefficient (Wildman–Crippen LogP) is 0.589. The van der Waals surface area contributed by atoms with E-state index in [-0.39, 0.29) is 22.7 Å². The zero-order chi connectivity index (χ0) is 11.9. The molecule has 2 rings (SSSR count). The highest BCUT2D eigenvalue weighted by molar-refractivity contribution is 6.04. The average Bonchev–Trinajstić information content (AvgIpc) is 2.54. The molecular formula is C9H8N2O5. The van der Waals surface area contributed by atoms with Crippen LogP contribution in [-0.4, -0.2) is 23.0 Å². The van der Waals surface area contributed by atoms with Crippen molar-refractivity contribution in [1.82, 2.24) is 0 Å².